The van der Waals surface area contributed by atoms with Crippen molar-refractivity contribution in [3.8, 4) is 0 Å². The number of benzene rings is 1. The molecule has 3 N–H and O–H groups in total. The summed E-state index contributed by atoms with van der Waals surface area (Å²) in [5.41, 5.74) is 1.97. The van der Waals surface area contributed by atoms with Crippen molar-refractivity contribution in [2.75, 3.05) is 10.0 Å². The molecule has 0 saturated heterocycles. The second kappa shape index (κ2) is 5.81. The molecule has 8 heteroatoms. The maximum Gasteiger partial charge on any atom is 0.259 e. The summed E-state index contributed by atoms with van der Waals surface area (Å²) in [6.45, 7) is 0. The fraction of sp³-hybridized carbons (Fsp3) is 0. The molecule has 21 heavy (non-hydrogen) atoms. The van der Waals surface area contributed by atoms with E-state index in [-0.39, 0.29) is 0 Å². The zero-order chi connectivity index (χ0) is 14.7. The Bertz CT molecular complexity index is 789. The SMILES string of the molecule is O=S(O)Nc1ccc(Nc2ncnc3ncccc23)cc1. The normalized spacial score (nSPS) is 12.0. The molecule has 3 aromatic rings. The van der Waals surface area contributed by atoms with Crippen LogP contribution in [0.3, 0.4) is 0 Å². The first-order valence-electron chi connectivity index (χ1n) is 6.03. The minimum absolute atomic E-state index is 0.551. The smallest absolute Gasteiger partial charge is 0.259 e. The van der Waals surface area contributed by atoms with Gasteiger partial charge in [-0.25, -0.2) is 19.2 Å². The quantitative estimate of drug-likeness (QED) is 0.639. The molecule has 0 bridgehead atoms. The predicted octanol–water partition coefficient (Wildman–Crippen LogP) is 2.32. The van der Waals surface area contributed by atoms with Crippen molar-refractivity contribution in [2.45, 2.75) is 0 Å². The van der Waals surface area contributed by atoms with Crippen molar-refractivity contribution in [2.24, 2.45) is 0 Å². The highest BCUT2D eigenvalue weighted by atomic mass is 32.2. The molecule has 7 nitrogen and oxygen atoms in total. The minimum atomic E-state index is -2.08. The van der Waals surface area contributed by atoms with Crippen LogP contribution in [0.5, 0.6) is 0 Å². The van der Waals surface area contributed by atoms with Gasteiger partial charge in [-0.15, -0.1) is 0 Å². The lowest BCUT2D eigenvalue weighted by atomic mass is 10.2. The third-order valence-electron chi connectivity index (χ3n) is 2.76. The van der Waals surface area contributed by atoms with Gasteiger partial charge in [-0.1, -0.05) is 0 Å². The second-order valence-corrected chi connectivity index (χ2v) is 4.85. The van der Waals surface area contributed by atoms with Crippen LogP contribution in [0.1, 0.15) is 0 Å². The Kier molecular flexibility index (Phi) is 3.71. The Hall–Kier alpha value is -2.58. The highest BCUT2D eigenvalue weighted by molar-refractivity contribution is 7.80. The lowest BCUT2D eigenvalue weighted by molar-refractivity contribution is 0.570. The van der Waals surface area contributed by atoms with Crippen LogP contribution in [0.2, 0.25) is 0 Å². The molecule has 1 atom stereocenters. The van der Waals surface area contributed by atoms with Gasteiger partial charge in [0.25, 0.3) is 11.3 Å². The summed E-state index contributed by atoms with van der Waals surface area (Å²) < 4.78 is 21.8. The highest BCUT2D eigenvalue weighted by Gasteiger charge is 2.04. The maximum atomic E-state index is 10.7. The highest BCUT2D eigenvalue weighted by Crippen LogP contribution is 2.22. The molecule has 0 fully saturated rings. The molecule has 1 aromatic carbocycles. The molecule has 3 rings (SSSR count). The van der Waals surface area contributed by atoms with Gasteiger partial charge in [-0.2, -0.15) is 0 Å². The van der Waals surface area contributed by atoms with E-state index in [0.29, 0.717) is 17.2 Å². The van der Waals surface area contributed by atoms with Crippen LogP contribution >= 0.6 is 0 Å². The van der Waals surface area contributed by atoms with Gasteiger partial charge in [0.2, 0.25) is 0 Å². The van der Waals surface area contributed by atoms with Crippen LogP contribution < -0.4 is 10.0 Å². The average molecular weight is 301 g/mol. The molecule has 1 unspecified atom stereocenters. The van der Waals surface area contributed by atoms with Gasteiger partial charge < -0.3 is 5.32 Å². The van der Waals surface area contributed by atoms with Crippen LogP contribution in [0, 0.1) is 0 Å². The van der Waals surface area contributed by atoms with E-state index in [4.69, 9.17) is 4.55 Å². The standard InChI is InChI=1S/C13H11N5O2S/c19-21(20)18-10-5-3-9(4-6-10)17-13-11-2-1-7-14-12(11)15-8-16-13/h1-8,18H,(H,19,20)(H,14,15,16,17). The van der Waals surface area contributed by atoms with E-state index in [1.807, 2.05) is 12.1 Å². The minimum Gasteiger partial charge on any atom is -0.340 e. The van der Waals surface area contributed by atoms with E-state index in [9.17, 15) is 4.21 Å². The van der Waals surface area contributed by atoms with Crippen LogP contribution in [-0.4, -0.2) is 23.7 Å². The number of anilines is 3. The average Bonchev–Trinajstić information content (AvgIpc) is 2.49. The van der Waals surface area contributed by atoms with E-state index < -0.39 is 11.3 Å². The largest absolute Gasteiger partial charge is 0.340 e. The van der Waals surface area contributed by atoms with Crippen molar-refractivity contribution in [3.05, 3.63) is 48.9 Å². The number of pyridine rings is 1. The molecular formula is C13H11N5O2S. The molecule has 2 heterocycles. The van der Waals surface area contributed by atoms with Crippen LogP contribution in [0.15, 0.2) is 48.9 Å². The second-order valence-electron chi connectivity index (χ2n) is 4.15. The van der Waals surface area contributed by atoms with Crippen molar-refractivity contribution in [3.63, 3.8) is 0 Å². The zero-order valence-corrected chi connectivity index (χ0v) is 11.5. The fourth-order valence-corrected chi connectivity index (χ4v) is 2.19. The van der Waals surface area contributed by atoms with E-state index >= 15 is 0 Å². The molecule has 0 aliphatic carbocycles. The summed E-state index contributed by atoms with van der Waals surface area (Å²) in [5.74, 6) is 0.652. The molecular weight excluding hydrogens is 290 g/mol. The van der Waals surface area contributed by atoms with Crippen LogP contribution in [0.4, 0.5) is 17.2 Å². The van der Waals surface area contributed by atoms with Gasteiger partial charge in [0.1, 0.15) is 12.1 Å². The lowest BCUT2D eigenvalue weighted by Gasteiger charge is -2.08. The molecule has 0 amide bonds. The van der Waals surface area contributed by atoms with Crippen molar-refractivity contribution >= 4 is 39.5 Å². The Morgan fingerprint density at radius 3 is 2.52 bits per heavy atom. The summed E-state index contributed by atoms with van der Waals surface area (Å²) in [4.78, 5) is 12.5. The number of fused-ring (bicyclic) bond motifs is 1. The number of nitrogens with zero attached hydrogens (tertiary/aromatic N) is 3. The van der Waals surface area contributed by atoms with Crippen molar-refractivity contribution in [1.82, 2.24) is 15.0 Å². The molecule has 106 valence electrons. The van der Waals surface area contributed by atoms with Crippen molar-refractivity contribution in [1.29, 1.82) is 0 Å². The van der Waals surface area contributed by atoms with Crippen LogP contribution in [0.25, 0.3) is 11.0 Å². The molecule has 0 radical (unpaired) electrons. The Morgan fingerprint density at radius 1 is 1.00 bits per heavy atom. The summed E-state index contributed by atoms with van der Waals surface area (Å²) >= 11 is -2.08. The van der Waals surface area contributed by atoms with Crippen LogP contribution in [-0.2, 0) is 11.3 Å². The summed E-state index contributed by atoms with van der Waals surface area (Å²) in [5, 5.41) is 3.99. The predicted molar refractivity (Wildman–Crippen MR) is 81.5 cm³/mol. The number of aromatic nitrogens is 3. The number of rotatable bonds is 4. The van der Waals surface area contributed by atoms with Gasteiger partial charge in [0.05, 0.1) is 5.39 Å². The number of hydrogen-bond acceptors (Lipinski definition) is 5. The van der Waals surface area contributed by atoms with E-state index in [0.717, 1.165) is 11.1 Å². The van der Waals surface area contributed by atoms with Gasteiger partial charge in [0.15, 0.2) is 5.65 Å². The van der Waals surface area contributed by atoms with Crippen molar-refractivity contribution < 1.29 is 8.76 Å². The maximum absolute atomic E-state index is 10.7. The molecule has 0 saturated carbocycles. The van der Waals surface area contributed by atoms with Gasteiger partial charge in [-0.3, -0.25) is 9.27 Å². The first-order valence-corrected chi connectivity index (χ1v) is 7.13. The summed E-state index contributed by atoms with van der Waals surface area (Å²) in [6.07, 6.45) is 3.12. The lowest BCUT2D eigenvalue weighted by Crippen LogP contribution is -2.02. The van der Waals surface area contributed by atoms with E-state index in [1.54, 1.807) is 30.5 Å². The number of nitrogens with one attached hydrogen (secondary N) is 2. The molecule has 0 aliphatic heterocycles. The van der Waals surface area contributed by atoms with Gasteiger partial charge in [0, 0.05) is 17.6 Å². The molecule has 0 spiro atoms. The first kappa shape index (κ1) is 13.4. The van der Waals surface area contributed by atoms with Gasteiger partial charge >= 0.3 is 0 Å². The zero-order valence-electron chi connectivity index (χ0n) is 10.7. The third-order valence-corrected chi connectivity index (χ3v) is 3.17. The summed E-state index contributed by atoms with van der Waals surface area (Å²) in [6, 6.07) is 10.6. The monoisotopic (exact) mass is 301 g/mol. The Labute approximate surface area is 122 Å². The van der Waals surface area contributed by atoms with Gasteiger partial charge in [-0.05, 0) is 36.4 Å². The fourth-order valence-electron chi connectivity index (χ4n) is 1.85. The molecule has 0 aliphatic rings. The van der Waals surface area contributed by atoms with E-state index in [1.165, 1.54) is 6.33 Å². The third kappa shape index (κ3) is 3.12. The van der Waals surface area contributed by atoms with E-state index in [2.05, 4.69) is 25.0 Å². The topological polar surface area (TPSA) is 100 Å². The molecule has 2 aromatic heterocycles. The number of hydrogen-bond donors (Lipinski definition) is 3. The first-order chi connectivity index (χ1) is 10.2. The Balaban J connectivity index is 1.87. The summed E-state index contributed by atoms with van der Waals surface area (Å²) in [7, 11) is 0. The Morgan fingerprint density at radius 2 is 1.76 bits per heavy atom.